The number of carbonyl (C=O) groups excluding carboxylic acids is 1. The van der Waals surface area contributed by atoms with E-state index in [0.717, 1.165) is 12.8 Å². The number of nitrogens with zero attached hydrogens (tertiary/aromatic N) is 2. The van der Waals surface area contributed by atoms with Gasteiger partial charge in [-0.05, 0) is 62.6 Å². The molecular weight excluding hydrogens is 373 g/mol. The van der Waals surface area contributed by atoms with Crippen LogP contribution in [0.1, 0.15) is 35.8 Å². The molecule has 6 nitrogen and oxygen atoms in total. The first-order chi connectivity index (χ1) is 14.1. The minimum Gasteiger partial charge on any atom is -0.490 e. The molecule has 2 heterocycles. The molecule has 3 aromatic rings. The number of nitrogens with one attached hydrogen (secondary N) is 1. The van der Waals surface area contributed by atoms with Gasteiger partial charge in [0.25, 0.3) is 5.91 Å². The highest BCUT2D eigenvalue weighted by Gasteiger charge is 2.16. The first-order valence-electron chi connectivity index (χ1n) is 9.63. The van der Waals surface area contributed by atoms with E-state index in [4.69, 9.17) is 9.47 Å². The monoisotopic (exact) mass is 397 g/mol. The SMILES string of the molecule is CCOCCCCOc1cccc(NC(=O)c2nc3cccnc3cc2C)c1F. The lowest BCUT2D eigenvalue weighted by Crippen LogP contribution is -2.16. The molecule has 0 saturated carbocycles. The summed E-state index contributed by atoms with van der Waals surface area (Å²) in [5, 5.41) is 2.59. The standard InChI is InChI=1S/C22H24FN3O3/c1-3-28-12-4-5-13-29-19-10-6-8-17(20(19)23)26-22(27)21-15(2)14-18-16(25-21)9-7-11-24-18/h6-11,14H,3-5,12-13H2,1-2H3,(H,26,27). The fourth-order valence-corrected chi connectivity index (χ4v) is 2.86. The van der Waals surface area contributed by atoms with Crippen LogP contribution in [0.5, 0.6) is 5.75 Å². The van der Waals surface area contributed by atoms with Crippen LogP contribution >= 0.6 is 0 Å². The summed E-state index contributed by atoms with van der Waals surface area (Å²) in [6.45, 7) is 5.43. The molecule has 0 fully saturated rings. The second-order valence-electron chi connectivity index (χ2n) is 6.52. The molecule has 0 aliphatic rings. The Morgan fingerprint density at radius 3 is 2.79 bits per heavy atom. The molecule has 152 valence electrons. The number of hydrogen-bond acceptors (Lipinski definition) is 5. The van der Waals surface area contributed by atoms with Crippen molar-refractivity contribution in [3.05, 3.63) is 59.7 Å². The number of anilines is 1. The van der Waals surface area contributed by atoms with Crippen molar-refractivity contribution in [2.45, 2.75) is 26.7 Å². The van der Waals surface area contributed by atoms with Crippen LogP contribution in [0.3, 0.4) is 0 Å². The van der Waals surface area contributed by atoms with E-state index in [9.17, 15) is 9.18 Å². The molecule has 1 aromatic carbocycles. The molecule has 0 bridgehead atoms. The Bertz CT molecular complexity index is 994. The third-order valence-corrected chi connectivity index (χ3v) is 4.35. The summed E-state index contributed by atoms with van der Waals surface area (Å²) < 4.78 is 25.5. The summed E-state index contributed by atoms with van der Waals surface area (Å²) >= 11 is 0. The molecule has 2 aromatic heterocycles. The summed E-state index contributed by atoms with van der Waals surface area (Å²) in [6.07, 6.45) is 3.26. The number of unbranched alkanes of at least 4 members (excludes halogenated alkanes) is 1. The van der Waals surface area contributed by atoms with E-state index in [1.807, 2.05) is 6.92 Å². The topological polar surface area (TPSA) is 73.3 Å². The molecule has 0 aliphatic heterocycles. The second kappa shape index (κ2) is 9.93. The number of benzene rings is 1. The Hall–Kier alpha value is -3.06. The summed E-state index contributed by atoms with van der Waals surface area (Å²) in [5.41, 5.74) is 2.25. The lowest BCUT2D eigenvalue weighted by molar-refractivity contribution is 0.102. The van der Waals surface area contributed by atoms with Gasteiger partial charge in [-0.2, -0.15) is 0 Å². The maximum atomic E-state index is 14.7. The Morgan fingerprint density at radius 1 is 1.14 bits per heavy atom. The largest absolute Gasteiger partial charge is 0.490 e. The lowest BCUT2D eigenvalue weighted by atomic mass is 10.1. The Balaban J connectivity index is 1.68. The number of carbonyl (C=O) groups is 1. The molecule has 1 amide bonds. The maximum Gasteiger partial charge on any atom is 0.274 e. The van der Waals surface area contributed by atoms with Crippen molar-refractivity contribution >= 4 is 22.6 Å². The van der Waals surface area contributed by atoms with Crippen molar-refractivity contribution in [3.8, 4) is 5.75 Å². The van der Waals surface area contributed by atoms with Crippen molar-refractivity contribution in [3.63, 3.8) is 0 Å². The third kappa shape index (κ3) is 5.26. The zero-order valence-electron chi connectivity index (χ0n) is 16.6. The van der Waals surface area contributed by atoms with Gasteiger partial charge in [0.1, 0.15) is 5.69 Å². The van der Waals surface area contributed by atoms with Crippen molar-refractivity contribution in [2.75, 3.05) is 25.1 Å². The molecule has 7 heteroatoms. The van der Waals surface area contributed by atoms with E-state index in [1.165, 1.54) is 6.07 Å². The van der Waals surface area contributed by atoms with Gasteiger partial charge in [-0.15, -0.1) is 0 Å². The van der Waals surface area contributed by atoms with Gasteiger partial charge in [0, 0.05) is 19.4 Å². The number of pyridine rings is 2. The van der Waals surface area contributed by atoms with Gasteiger partial charge >= 0.3 is 0 Å². The van der Waals surface area contributed by atoms with Gasteiger partial charge in [-0.3, -0.25) is 9.78 Å². The van der Waals surface area contributed by atoms with Gasteiger partial charge in [0.05, 0.1) is 23.3 Å². The molecule has 0 atom stereocenters. The predicted molar refractivity (Wildman–Crippen MR) is 110 cm³/mol. The number of fused-ring (bicyclic) bond motifs is 1. The van der Waals surface area contributed by atoms with E-state index in [0.29, 0.717) is 36.4 Å². The molecule has 0 spiro atoms. The molecule has 3 rings (SSSR count). The second-order valence-corrected chi connectivity index (χ2v) is 6.52. The average Bonchev–Trinajstić information content (AvgIpc) is 2.72. The minimum atomic E-state index is -0.606. The quantitative estimate of drug-likeness (QED) is 0.537. The summed E-state index contributed by atoms with van der Waals surface area (Å²) in [6, 6.07) is 9.99. The lowest BCUT2D eigenvalue weighted by Gasteiger charge is -2.12. The van der Waals surface area contributed by atoms with E-state index >= 15 is 0 Å². The van der Waals surface area contributed by atoms with E-state index < -0.39 is 11.7 Å². The Kier molecular flexibility index (Phi) is 7.08. The zero-order chi connectivity index (χ0) is 20.6. The summed E-state index contributed by atoms with van der Waals surface area (Å²) in [4.78, 5) is 21.3. The number of ether oxygens (including phenoxy) is 2. The van der Waals surface area contributed by atoms with Crippen LogP contribution in [0.4, 0.5) is 10.1 Å². The predicted octanol–water partition coefficient (Wildman–Crippen LogP) is 4.53. The molecule has 29 heavy (non-hydrogen) atoms. The highest BCUT2D eigenvalue weighted by Crippen LogP contribution is 2.25. The number of aromatic nitrogens is 2. The maximum absolute atomic E-state index is 14.7. The number of halogens is 1. The number of amides is 1. The molecular formula is C22H24FN3O3. The fourth-order valence-electron chi connectivity index (χ4n) is 2.86. The minimum absolute atomic E-state index is 0.0503. The van der Waals surface area contributed by atoms with Crippen LogP contribution in [-0.4, -0.2) is 35.7 Å². The van der Waals surface area contributed by atoms with E-state index in [1.54, 1.807) is 43.5 Å². The highest BCUT2D eigenvalue weighted by molar-refractivity contribution is 6.05. The van der Waals surface area contributed by atoms with E-state index in [-0.39, 0.29) is 17.1 Å². The van der Waals surface area contributed by atoms with Crippen LogP contribution in [0.15, 0.2) is 42.6 Å². The highest BCUT2D eigenvalue weighted by atomic mass is 19.1. The summed E-state index contributed by atoms with van der Waals surface area (Å²) in [5.74, 6) is -0.988. The number of hydrogen-bond donors (Lipinski definition) is 1. The molecule has 0 saturated heterocycles. The third-order valence-electron chi connectivity index (χ3n) is 4.35. The number of rotatable bonds is 9. The van der Waals surface area contributed by atoms with E-state index in [2.05, 4.69) is 15.3 Å². The van der Waals surface area contributed by atoms with Crippen LogP contribution in [-0.2, 0) is 4.74 Å². The van der Waals surface area contributed by atoms with Crippen LogP contribution < -0.4 is 10.1 Å². The van der Waals surface area contributed by atoms with Crippen LogP contribution in [0, 0.1) is 12.7 Å². The first-order valence-corrected chi connectivity index (χ1v) is 9.63. The normalized spacial score (nSPS) is 10.9. The van der Waals surface area contributed by atoms with Gasteiger partial charge in [-0.25, -0.2) is 9.37 Å². The smallest absolute Gasteiger partial charge is 0.274 e. The molecule has 1 N–H and O–H groups in total. The number of aryl methyl sites for hydroxylation is 1. The van der Waals surface area contributed by atoms with Crippen molar-refractivity contribution in [1.29, 1.82) is 0 Å². The van der Waals surface area contributed by atoms with Crippen molar-refractivity contribution < 1.29 is 18.7 Å². The molecule has 0 radical (unpaired) electrons. The van der Waals surface area contributed by atoms with Gasteiger partial charge < -0.3 is 14.8 Å². The van der Waals surface area contributed by atoms with Gasteiger partial charge in [0.15, 0.2) is 11.6 Å². The van der Waals surface area contributed by atoms with Crippen LogP contribution in [0.2, 0.25) is 0 Å². The summed E-state index contributed by atoms with van der Waals surface area (Å²) in [7, 11) is 0. The fraction of sp³-hybridized carbons (Fsp3) is 0.318. The molecule has 0 unspecified atom stereocenters. The Morgan fingerprint density at radius 2 is 1.97 bits per heavy atom. The van der Waals surface area contributed by atoms with Crippen LogP contribution in [0.25, 0.3) is 11.0 Å². The van der Waals surface area contributed by atoms with Gasteiger partial charge in [0.2, 0.25) is 0 Å². The zero-order valence-corrected chi connectivity index (χ0v) is 16.6. The first kappa shape index (κ1) is 20.7. The Labute approximate surface area is 169 Å². The average molecular weight is 397 g/mol. The van der Waals surface area contributed by atoms with Gasteiger partial charge in [-0.1, -0.05) is 6.07 Å². The van der Waals surface area contributed by atoms with Crippen molar-refractivity contribution in [2.24, 2.45) is 0 Å². The molecule has 0 aliphatic carbocycles. The van der Waals surface area contributed by atoms with Crippen molar-refractivity contribution in [1.82, 2.24) is 9.97 Å².